The number of aliphatic imine (C=N–C) groups is 1. The van der Waals surface area contributed by atoms with Crippen LogP contribution in [-0.4, -0.2) is 80.0 Å². The first kappa shape index (κ1) is 38.5. The fourth-order valence-electron chi connectivity index (χ4n) is 7.40. The summed E-state index contributed by atoms with van der Waals surface area (Å²) in [4.78, 5) is 25.3. The number of piperidine rings is 1. The van der Waals surface area contributed by atoms with Crippen molar-refractivity contribution in [3.05, 3.63) is 113 Å². The summed E-state index contributed by atoms with van der Waals surface area (Å²) in [7, 11) is 0. The Morgan fingerprint density at radius 3 is 2.25 bits per heavy atom. The molecule has 0 unspecified atom stereocenters. The summed E-state index contributed by atoms with van der Waals surface area (Å²) in [5, 5.41) is 9.96. The molecule has 2 aromatic carbocycles. The molecule has 0 bridgehead atoms. The van der Waals surface area contributed by atoms with Crippen LogP contribution in [0.2, 0.25) is 0 Å². The molecule has 52 heavy (non-hydrogen) atoms. The number of nitrogens with one attached hydrogen (secondary N) is 3. The monoisotopic (exact) mass is 705 g/mol. The first-order valence-electron chi connectivity index (χ1n) is 19.0. The van der Waals surface area contributed by atoms with Crippen molar-refractivity contribution >= 4 is 28.8 Å². The third-order valence-corrected chi connectivity index (χ3v) is 10.7. The molecule has 9 heteroatoms. The van der Waals surface area contributed by atoms with E-state index >= 15 is 0 Å². The molecule has 0 saturated carbocycles. The molecule has 1 amide bonds. The highest BCUT2D eigenvalue weighted by Crippen LogP contribution is 2.29. The molecule has 0 aliphatic carbocycles. The van der Waals surface area contributed by atoms with Gasteiger partial charge in [-0.3, -0.25) is 9.69 Å². The summed E-state index contributed by atoms with van der Waals surface area (Å²) in [5.41, 5.74) is 9.36. The number of anilines is 3. The molecule has 0 aromatic heterocycles. The second kappa shape index (κ2) is 18.1. The maximum Gasteiger partial charge on any atom is 0.231 e. The summed E-state index contributed by atoms with van der Waals surface area (Å²) < 4.78 is 5.77. The van der Waals surface area contributed by atoms with Crippen molar-refractivity contribution in [2.24, 2.45) is 4.99 Å². The molecule has 2 fully saturated rings. The van der Waals surface area contributed by atoms with Gasteiger partial charge in [0.05, 0.1) is 11.6 Å². The Kier molecular flexibility index (Phi) is 13.4. The van der Waals surface area contributed by atoms with Gasteiger partial charge in [-0.2, -0.15) is 0 Å². The lowest BCUT2D eigenvalue weighted by atomic mass is 9.98. The first-order chi connectivity index (χ1) is 25.1. The van der Waals surface area contributed by atoms with Crippen LogP contribution in [0.3, 0.4) is 0 Å². The van der Waals surface area contributed by atoms with Crippen LogP contribution in [0.1, 0.15) is 72.3 Å². The SMILES string of the molecule is C=C/C(=C(/C)C1=C(C)OCCN1)N1CC/C(=C/N=C(C)Nc2ccc([C@@H](C)C(=O)Nc3ccc(N4CCN(C(CC)CC)CC4)cc3)cc2)C(=C)C1. The van der Waals surface area contributed by atoms with E-state index in [9.17, 15) is 4.79 Å². The molecule has 3 N–H and O–H groups in total. The number of carbonyl (C=O) groups excluding carboxylic acids is 1. The molecule has 3 heterocycles. The lowest BCUT2D eigenvalue weighted by Crippen LogP contribution is -2.50. The number of amides is 1. The third-order valence-electron chi connectivity index (χ3n) is 10.7. The molecule has 2 aromatic rings. The molecule has 0 radical (unpaired) electrons. The number of nitrogens with zero attached hydrogens (tertiary/aromatic N) is 4. The van der Waals surface area contributed by atoms with Gasteiger partial charge in [0.25, 0.3) is 0 Å². The van der Waals surface area contributed by atoms with Crippen LogP contribution in [0.25, 0.3) is 0 Å². The van der Waals surface area contributed by atoms with E-state index in [1.165, 1.54) is 18.5 Å². The van der Waals surface area contributed by atoms with Crippen LogP contribution in [0.15, 0.2) is 113 Å². The molecule has 3 aliphatic heterocycles. The fraction of sp³-hybridized carbons (Fsp3) is 0.442. The maximum atomic E-state index is 13.2. The molecule has 2 saturated heterocycles. The zero-order chi connectivity index (χ0) is 37.2. The zero-order valence-electron chi connectivity index (χ0n) is 32.2. The van der Waals surface area contributed by atoms with Gasteiger partial charge in [-0.15, -0.1) is 0 Å². The Hall–Kier alpha value is -4.76. The van der Waals surface area contributed by atoms with Gasteiger partial charge in [-0.25, -0.2) is 4.99 Å². The van der Waals surface area contributed by atoms with Crippen molar-refractivity contribution in [2.45, 2.75) is 72.8 Å². The molecule has 1 atom stereocenters. The summed E-state index contributed by atoms with van der Waals surface area (Å²) in [5.74, 6) is 1.38. The van der Waals surface area contributed by atoms with Crippen molar-refractivity contribution in [1.29, 1.82) is 0 Å². The average molecular weight is 706 g/mol. The van der Waals surface area contributed by atoms with Crippen LogP contribution in [0.5, 0.6) is 0 Å². The Bertz CT molecular complexity index is 1690. The van der Waals surface area contributed by atoms with E-state index in [1.807, 2.05) is 69.4 Å². The first-order valence-corrected chi connectivity index (χ1v) is 19.0. The van der Waals surface area contributed by atoms with Crippen molar-refractivity contribution in [3.8, 4) is 0 Å². The number of likely N-dealkylation sites (tertiary alicyclic amines) is 1. The molecule has 9 nitrogen and oxygen atoms in total. The topological polar surface area (TPSA) is 84.5 Å². The van der Waals surface area contributed by atoms with Crippen molar-refractivity contribution in [3.63, 3.8) is 0 Å². The second-order valence-corrected chi connectivity index (χ2v) is 14.1. The highest BCUT2D eigenvalue weighted by atomic mass is 16.5. The van der Waals surface area contributed by atoms with Crippen LogP contribution in [-0.2, 0) is 9.53 Å². The molecule has 3 aliphatic rings. The van der Waals surface area contributed by atoms with Gasteiger partial charge in [-0.05, 0) is 112 Å². The number of hydrogen-bond donors (Lipinski definition) is 3. The largest absolute Gasteiger partial charge is 0.494 e. The van der Waals surface area contributed by atoms with Crippen LogP contribution >= 0.6 is 0 Å². The normalized spacial score (nSPS) is 19.2. The Morgan fingerprint density at radius 1 is 0.981 bits per heavy atom. The van der Waals surface area contributed by atoms with Gasteiger partial charge in [0.15, 0.2) is 0 Å². The second-order valence-electron chi connectivity index (χ2n) is 14.1. The van der Waals surface area contributed by atoms with E-state index in [2.05, 4.69) is 76.7 Å². The van der Waals surface area contributed by atoms with E-state index in [0.717, 1.165) is 102 Å². The Labute approximate surface area is 311 Å². The van der Waals surface area contributed by atoms with E-state index < -0.39 is 0 Å². The van der Waals surface area contributed by atoms with Crippen molar-refractivity contribution in [2.75, 3.05) is 68.0 Å². The molecular formula is C43H59N7O2. The molecule has 0 spiro atoms. The van der Waals surface area contributed by atoms with E-state index in [1.54, 1.807) is 0 Å². The van der Waals surface area contributed by atoms with Gasteiger partial charge in [0.2, 0.25) is 5.91 Å². The zero-order valence-corrected chi connectivity index (χ0v) is 32.2. The fourth-order valence-corrected chi connectivity index (χ4v) is 7.40. The number of ether oxygens (including phenoxy) is 1. The molecular weight excluding hydrogens is 647 g/mol. The number of benzene rings is 2. The summed E-state index contributed by atoms with van der Waals surface area (Å²) in [6, 6.07) is 16.9. The minimum atomic E-state index is -0.295. The quantitative estimate of drug-likeness (QED) is 0.117. The van der Waals surface area contributed by atoms with Gasteiger partial charge in [0, 0.05) is 80.8 Å². The van der Waals surface area contributed by atoms with Gasteiger partial charge in [-0.1, -0.05) is 39.1 Å². The standard InChI is InChI=1S/C43H59N7O2/c1-9-39(10-2)48-23-25-49(26-24-48)40-18-16-38(17-19-40)47-43(51)31(5)35-12-14-37(15-13-35)46-34(8)45-28-36-20-22-50(29-30(36)4)41(11-3)32(6)42-33(7)52-27-21-44-42/h11-19,28,31,39,44H,3-4,9-10,20-27,29H2,1-2,5-8H3,(H,45,46)(H,47,51)/b36-28-,41-32+/t31-/m1/s1. The Morgan fingerprint density at radius 2 is 1.63 bits per heavy atom. The van der Waals surface area contributed by atoms with Crippen LogP contribution in [0.4, 0.5) is 17.1 Å². The van der Waals surface area contributed by atoms with Gasteiger partial charge >= 0.3 is 0 Å². The number of hydrogen-bond acceptors (Lipinski definition) is 7. The van der Waals surface area contributed by atoms with E-state index in [4.69, 9.17) is 9.73 Å². The number of piperazine rings is 1. The third kappa shape index (κ3) is 9.56. The summed E-state index contributed by atoms with van der Waals surface area (Å²) >= 11 is 0. The lowest BCUT2D eigenvalue weighted by Gasteiger charge is -2.39. The summed E-state index contributed by atoms with van der Waals surface area (Å²) in [6.07, 6.45) is 7.11. The number of rotatable bonds is 12. The van der Waals surface area contributed by atoms with Crippen molar-refractivity contribution in [1.82, 2.24) is 15.1 Å². The number of amidine groups is 1. The van der Waals surface area contributed by atoms with Crippen molar-refractivity contribution < 1.29 is 9.53 Å². The van der Waals surface area contributed by atoms with Gasteiger partial charge in [0.1, 0.15) is 18.2 Å². The predicted octanol–water partition coefficient (Wildman–Crippen LogP) is 8.03. The minimum Gasteiger partial charge on any atom is -0.494 e. The maximum absolute atomic E-state index is 13.2. The summed E-state index contributed by atoms with van der Waals surface area (Å²) in [6.45, 7) is 28.4. The predicted molar refractivity (Wildman–Crippen MR) is 218 cm³/mol. The minimum absolute atomic E-state index is 0.0272. The molecule has 278 valence electrons. The average Bonchev–Trinajstić information content (AvgIpc) is 3.16. The van der Waals surface area contributed by atoms with Crippen LogP contribution in [0, 0.1) is 0 Å². The Balaban J connectivity index is 1.10. The highest BCUT2D eigenvalue weighted by Gasteiger charge is 2.24. The smallest absolute Gasteiger partial charge is 0.231 e. The molecule has 5 rings (SSSR count). The highest BCUT2D eigenvalue weighted by molar-refractivity contribution is 5.96. The van der Waals surface area contributed by atoms with E-state index in [0.29, 0.717) is 19.2 Å². The van der Waals surface area contributed by atoms with E-state index in [-0.39, 0.29) is 11.8 Å². The van der Waals surface area contributed by atoms with Crippen LogP contribution < -0.4 is 20.9 Å². The lowest BCUT2D eigenvalue weighted by molar-refractivity contribution is -0.117. The number of allylic oxidation sites excluding steroid dienone is 3. The van der Waals surface area contributed by atoms with Gasteiger partial charge < -0.3 is 30.5 Å². The number of carbonyl (C=O) groups is 1.